The lowest BCUT2D eigenvalue weighted by molar-refractivity contribution is 0.103. The van der Waals surface area contributed by atoms with Crippen LogP contribution in [-0.4, -0.2) is 20.0 Å². The lowest BCUT2D eigenvalue weighted by Gasteiger charge is -2.09. The molecule has 0 saturated carbocycles. The Balaban J connectivity index is 2.43. The number of hydrogen-bond acceptors (Lipinski definition) is 3. The highest BCUT2D eigenvalue weighted by Gasteiger charge is 2.16. The summed E-state index contributed by atoms with van der Waals surface area (Å²) < 4.78 is 24.1. The van der Waals surface area contributed by atoms with E-state index >= 15 is 0 Å². The monoisotopic (exact) mass is 274 g/mol. The van der Waals surface area contributed by atoms with Gasteiger partial charge in [-0.1, -0.05) is 6.07 Å². The predicted molar refractivity (Wildman–Crippen MR) is 74.1 cm³/mol. The first-order valence-corrected chi connectivity index (χ1v) is 6.09. The molecule has 0 radical (unpaired) electrons. The van der Waals surface area contributed by atoms with Crippen LogP contribution in [0.2, 0.25) is 0 Å². The Morgan fingerprint density at radius 2 is 1.70 bits per heavy atom. The Morgan fingerprint density at radius 3 is 2.30 bits per heavy atom. The lowest BCUT2D eigenvalue weighted by atomic mass is 10.0. The third-order valence-electron chi connectivity index (χ3n) is 3.01. The number of methoxy groups -OCH3 is 2. The Kier molecular flexibility index (Phi) is 4.03. The number of benzene rings is 2. The zero-order valence-electron chi connectivity index (χ0n) is 11.6. The third kappa shape index (κ3) is 2.64. The quantitative estimate of drug-likeness (QED) is 0.802. The summed E-state index contributed by atoms with van der Waals surface area (Å²) in [6, 6.07) is 9.29. The molecule has 0 unspecified atom stereocenters. The zero-order valence-corrected chi connectivity index (χ0v) is 11.6. The van der Waals surface area contributed by atoms with Crippen molar-refractivity contribution in [3.63, 3.8) is 0 Å². The Bertz CT molecular complexity index is 650. The van der Waals surface area contributed by atoms with Gasteiger partial charge in [0.1, 0.15) is 5.82 Å². The molecule has 0 saturated heterocycles. The van der Waals surface area contributed by atoms with Crippen LogP contribution in [0, 0.1) is 12.7 Å². The molecule has 0 fully saturated rings. The van der Waals surface area contributed by atoms with Gasteiger partial charge < -0.3 is 9.47 Å². The molecule has 0 atom stereocenters. The van der Waals surface area contributed by atoms with Crippen LogP contribution in [0.3, 0.4) is 0 Å². The van der Waals surface area contributed by atoms with E-state index in [1.54, 1.807) is 31.2 Å². The lowest BCUT2D eigenvalue weighted by Crippen LogP contribution is -2.05. The molecule has 2 aromatic rings. The molecule has 0 bridgehead atoms. The van der Waals surface area contributed by atoms with E-state index in [1.807, 2.05) is 0 Å². The fourth-order valence-corrected chi connectivity index (χ4v) is 1.94. The third-order valence-corrected chi connectivity index (χ3v) is 3.01. The summed E-state index contributed by atoms with van der Waals surface area (Å²) in [6.45, 7) is 1.77. The van der Waals surface area contributed by atoms with Crippen molar-refractivity contribution in [1.29, 1.82) is 0 Å². The van der Waals surface area contributed by atoms with Gasteiger partial charge >= 0.3 is 0 Å². The van der Waals surface area contributed by atoms with Gasteiger partial charge in [-0.15, -0.1) is 0 Å². The van der Waals surface area contributed by atoms with Gasteiger partial charge in [0.15, 0.2) is 17.3 Å². The van der Waals surface area contributed by atoms with E-state index < -0.39 is 5.82 Å². The summed E-state index contributed by atoms with van der Waals surface area (Å²) in [4.78, 5) is 12.3. The predicted octanol–water partition coefficient (Wildman–Crippen LogP) is 3.38. The number of carbonyl (C=O) groups excluding carboxylic acids is 1. The average molecular weight is 274 g/mol. The summed E-state index contributed by atoms with van der Waals surface area (Å²) in [5, 5.41) is 0. The van der Waals surface area contributed by atoms with Crippen LogP contribution in [0.5, 0.6) is 11.5 Å². The van der Waals surface area contributed by atoms with Crippen molar-refractivity contribution < 1.29 is 18.7 Å². The van der Waals surface area contributed by atoms with Crippen LogP contribution >= 0.6 is 0 Å². The molecule has 0 amide bonds. The van der Waals surface area contributed by atoms with Gasteiger partial charge in [-0.3, -0.25) is 4.79 Å². The van der Waals surface area contributed by atoms with E-state index in [1.165, 1.54) is 26.4 Å². The van der Waals surface area contributed by atoms with Gasteiger partial charge in [0.25, 0.3) is 0 Å². The normalized spacial score (nSPS) is 10.2. The summed E-state index contributed by atoms with van der Waals surface area (Å²) in [5.74, 6) is 0.0486. The van der Waals surface area contributed by atoms with Crippen LogP contribution in [0.1, 0.15) is 21.5 Å². The minimum Gasteiger partial charge on any atom is -0.493 e. The number of aryl methyl sites for hydroxylation is 1. The largest absolute Gasteiger partial charge is 0.493 e. The number of ketones is 1. The maximum Gasteiger partial charge on any atom is 0.196 e. The minimum absolute atomic E-state index is 0.0443. The molecule has 0 heterocycles. The molecule has 0 N–H and O–H groups in total. The number of ether oxygens (including phenoxy) is 2. The average Bonchev–Trinajstić information content (AvgIpc) is 2.45. The van der Waals surface area contributed by atoms with Crippen LogP contribution in [0.4, 0.5) is 4.39 Å². The van der Waals surface area contributed by atoms with Crippen molar-refractivity contribution in [2.24, 2.45) is 0 Å². The molecule has 0 spiro atoms. The van der Waals surface area contributed by atoms with Crippen molar-refractivity contribution in [2.45, 2.75) is 6.92 Å². The fourth-order valence-electron chi connectivity index (χ4n) is 1.94. The number of halogens is 1. The van der Waals surface area contributed by atoms with Crippen LogP contribution in [0.15, 0.2) is 36.4 Å². The molecule has 0 aliphatic carbocycles. The molecule has 2 aromatic carbocycles. The number of rotatable bonds is 4. The minimum atomic E-state index is -0.523. The second-order valence-electron chi connectivity index (χ2n) is 4.38. The summed E-state index contributed by atoms with van der Waals surface area (Å²) in [5.41, 5.74) is 1.17. The van der Waals surface area contributed by atoms with Crippen molar-refractivity contribution in [3.8, 4) is 11.5 Å². The molecule has 3 nitrogen and oxygen atoms in total. The van der Waals surface area contributed by atoms with E-state index in [9.17, 15) is 9.18 Å². The molecule has 4 heteroatoms. The van der Waals surface area contributed by atoms with E-state index in [0.29, 0.717) is 17.1 Å². The molecule has 0 aliphatic heterocycles. The van der Waals surface area contributed by atoms with Gasteiger partial charge in [0, 0.05) is 5.56 Å². The summed E-state index contributed by atoms with van der Waals surface area (Å²) >= 11 is 0. The van der Waals surface area contributed by atoms with E-state index in [0.717, 1.165) is 5.56 Å². The molecular weight excluding hydrogens is 259 g/mol. The maximum absolute atomic E-state index is 13.8. The Hall–Kier alpha value is -2.36. The van der Waals surface area contributed by atoms with Crippen molar-refractivity contribution in [3.05, 3.63) is 58.9 Å². The molecular formula is C16H15FO3. The van der Waals surface area contributed by atoms with E-state index in [-0.39, 0.29) is 11.3 Å². The van der Waals surface area contributed by atoms with Gasteiger partial charge in [0.05, 0.1) is 19.8 Å². The highest BCUT2D eigenvalue weighted by atomic mass is 19.1. The molecule has 20 heavy (non-hydrogen) atoms. The summed E-state index contributed by atoms with van der Waals surface area (Å²) in [7, 11) is 3.00. The summed E-state index contributed by atoms with van der Waals surface area (Å²) in [6.07, 6.45) is 0. The second kappa shape index (κ2) is 5.74. The topological polar surface area (TPSA) is 35.5 Å². The van der Waals surface area contributed by atoms with Gasteiger partial charge in [-0.05, 0) is 42.8 Å². The number of hydrogen-bond donors (Lipinski definition) is 0. The molecule has 2 rings (SSSR count). The fraction of sp³-hybridized carbons (Fsp3) is 0.188. The second-order valence-corrected chi connectivity index (χ2v) is 4.38. The standard InChI is InChI=1S/C16H15FO3/c1-10-4-6-12(13(17)8-10)16(18)11-5-7-14(19-2)15(9-11)20-3/h4-9H,1-3H3. The van der Waals surface area contributed by atoms with Gasteiger partial charge in [-0.25, -0.2) is 4.39 Å². The Labute approximate surface area is 117 Å². The highest BCUT2D eigenvalue weighted by molar-refractivity contribution is 6.09. The Morgan fingerprint density at radius 1 is 1.00 bits per heavy atom. The number of carbonyl (C=O) groups is 1. The first-order chi connectivity index (χ1) is 9.56. The smallest absolute Gasteiger partial charge is 0.196 e. The van der Waals surface area contributed by atoms with Gasteiger partial charge in [0.2, 0.25) is 0 Å². The van der Waals surface area contributed by atoms with Gasteiger partial charge in [-0.2, -0.15) is 0 Å². The van der Waals surface area contributed by atoms with Crippen molar-refractivity contribution >= 4 is 5.78 Å². The van der Waals surface area contributed by atoms with Crippen LogP contribution < -0.4 is 9.47 Å². The maximum atomic E-state index is 13.8. The van der Waals surface area contributed by atoms with Crippen molar-refractivity contribution in [1.82, 2.24) is 0 Å². The zero-order chi connectivity index (χ0) is 14.7. The SMILES string of the molecule is COc1ccc(C(=O)c2ccc(C)cc2F)cc1OC. The van der Waals surface area contributed by atoms with E-state index in [2.05, 4.69) is 0 Å². The first-order valence-electron chi connectivity index (χ1n) is 6.09. The van der Waals surface area contributed by atoms with Crippen LogP contribution in [0.25, 0.3) is 0 Å². The van der Waals surface area contributed by atoms with Crippen molar-refractivity contribution in [2.75, 3.05) is 14.2 Å². The molecule has 0 aromatic heterocycles. The van der Waals surface area contributed by atoms with Crippen LogP contribution in [-0.2, 0) is 0 Å². The first kappa shape index (κ1) is 14.1. The molecule has 0 aliphatic rings. The highest BCUT2D eigenvalue weighted by Crippen LogP contribution is 2.28. The molecule has 104 valence electrons. The van der Waals surface area contributed by atoms with E-state index in [4.69, 9.17) is 9.47 Å².